The van der Waals surface area contributed by atoms with Crippen molar-refractivity contribution < 1.29 is 14.3 Å². The molecule has 5 nitrogen and oxygen atoms in total. The Morgan fingerprint density at radius 1 is 1.20 bits per heavy atom. The van der Waals surface area contributed by atoms with Crippen molar-refractivity contribution in [2.45, 2.75) is 13.3 Å². The summed E-state index contributed by atoms with van der Waals surface area (Å²) in [4.78, 5) is 25.9. The van der Waals surface area contributed by atoms with Gasteiger partial charge < -0.3 is 15.0 Å². The number of anilines is 1. The largest absolute Gasteiger partial charge is 0.451 e. The van der Waals surface area contributed by atoms with Gasteiger partial charge in [0.05, 0.1) is 0 Å². The summed E-state index contributed by atoms with van der Waals surface area (Å²) < 4.78 is 4.88. The number of carbonyl (C=O) groups excluding carboxylic acids is 2. The van der Waals surface area contributed by atoms with Gasteiger partial charge in [0, 0.05) is 11.9 Å². The number of hydrogen-bond donors (Lipinski definition) is 2. The van der Waals surface area contributed by atoms with Crippen LogP contribution in [0.1, 0.15) is 23.0 Å². The molecule has 1 heterocycles. The summed E-state index contributed by atoms with van der Waals surface area (Å²) >= 11 is 0. The Bertz CT molecular complexity index is 574. The number of aromatic nitrogens is 1. The van der Waals surface area contributed by atoms with Crippen LogP contribution in [0.5, 0.6) is 0 Å². The van der Waals surface area contributed by atoms with Gasteiger partial charge in [0.2, 0.25) is 0 Å². The average Bonchev–Trinajstić information content (AvgIpc) is 3.00. The zero-order valence-electron chi connectivity index (χ0n) is 11.2. The van der Waals surface area contributed by atoms with E-state index in [9.17, 15) is 9.59 Å². The number of ether oxygens (including phenoxy) is 1. The molecule has 104 valence electrons. The molecule has 2 N–H and O–H groups in total. The van der Waals surface area contributed by atoms with Crippen LogP contribution in [0.2, 0.25) is 0 Å². The van der Waals surface area contributed by atoms with Crippen LogP contribution < -0.4 is 5.32 Å². The minimum Gasteiger partial charge on any atom is -0.451 e. The van der Waals surface area contributed by atoms with E-state index in [0.29, 0.717) is 11.4 Å². The number of amides is 1. The summed E-state index contributed by atoms with van der Waals surface area (Å²) in [6.45, 7) is 1.75. The summed E-state index contributed by atoms with van der Waals surface area (Å²) in [7, 11) is 0. The van der Waals surface area contributed by atoms with E-state index in [1.54, 1.807) is 18.3 Å². The Morgan fingerprint density at radius 2 is 1.95 bits per heavy atom. The molecule has 0 atom stereocenters. The predicted octanol–water partition coefficient (Wildman–Crippen LogP) is 2.37. The van der Waals surface area contributed by atoms with Gasteiger partial charge in [-0.05, 0) is 36.2 Å². The van der Waals surface area contributed by atoms with Crippen molar-refractivity contribution in [3.8, 4) is 0 Å². The number of carbonyl (C=O) groups is 2. The standard InChI is InChI=1S/C15H16N2O3/c1-2-11-5-7-12(8-6-11)17-14(18)10-20-15(19)13-4-3-9-16-13/h3-9,16H,2,10H2,1H3,(H,17,18). The second-order valence-corrected chi connectivity index (χ2v) is 4.26. The van der Waals surface area contributed by atoms with Crippen molar-refractivity contribution in [1.82, 2.24) is 4.98 Å². The normalized spacial score (nSPS) is 10.1. The summed E-state index contributed by atoms with van der Waals surface area (Å²) in [6, 6.07) is 10.8. The lowest BCUT2D eigenvalue weighted by atomic mass is 10.1. The quantitative estimate of drug-likeness (QED) is 0.821. The van der Waals surface area contributed by atoms with Gasteiger partial charge in [-0.3, -0.25) is 4.79 Å². The maximum absolute atomic E-state index is 11.6. The maximum Gasteiger partial charge on any atom is 0.355 e. The van der Waals surface area contributed by atoms with Crippen LogP contribution in [-0.2, 0) is 16.0 Å². The lowest BCUT2D eigenvalue weighted by Gasteiger charge is -2.06. The van der Waals surface area contributed by atoms with E-state index in [-0.39, 0.29) is 12.5 Å². The van der Waals surface area contributed by atoms with Gasteiger partial charge in [-0.15, -0.1) is 0 Å². The van der Waals surface area contributed by atoms with Crippen molar-refractivity contribution in [3.63, 3.8) is 0 Å². The second-order valence-electron chi connectivity index (χ2n) is 4.26. The highest BCUT2D eigenvalue weighted by molar-refractivity contribution is 5.94. The second kappa shape index (κ2) is 6.56. The molecule has 0 aliphatic carbocycles. The number of benzene rings is 1. The number of rotatable bonds is 5. The Balaban J connectivity index is 1.81. The predicted molar refractivity (Wildman–Crippen MR) is 75.5 cm³/mol. The SMILES string of the molecule is CCc1ccc(NC(=O)COC(=O)c2ccc[nH]2)cc1. The topological polar surface area (TPSA) is 71.2 Å². The molecule has 1 aromatic carbocycles. The van der Waals surface area contributed by atoms with Crippen molar-refractivity contribution >= 4 is 17.6 Å². The van der Waals surface area contributed by atoms with Crippen LogP contribution in [0, 0.1) is 0 Å². The zero-order chi connectivity index (χ0) is 14.4. The summed E-state index contributed by atoms with van der Waals surface area (Å²) in [5, 5.41) is 2.67. The van der Waals surface area contributed by atoms with E-state index in [0.717, 1.165) is 6.42 Å². The van der Waals surface area contributed by atoms with Gasteiger partial charge in [0.1, 0.15) is 5.69 Å². The molecule has 0 aliphatic rings. The van der Waals surface area contributed by atoms with Gasteiger partial charge in [-0.2, -0.15) is 0 Å². The molecule has 0 radical (unpaired) electrons. The first-order chi connectivity index (χ1) is 9.69. The molecular weight excluding hydrogens is 256 g/mol. The van der Waals surface area contributed by atoms with Crippen LogP contribution in [0.25, 0.3) is 0 Å². The maximum atomic E-state index is 11.6. The Kier molecular flexibility index (Phi) is 4.55. The minimum atomic E-state index is -0.550. The monoisotopic (exact) mass is 272 g/mol. The van der Waals surface area contributed by atoms with Gasteiger partial charge in [-0.1, -0.05) is 19.1 Å². The van der Waals surface area contributed by atoms with Gasteiger partial charge >= 0.3 is 5.97 Å². The van der Waals surface area contributed by atoms with Crippen molar-refractivity contribution in [2.24, 2.45) is 0 Å². The minimum absolute atomic E-state index is 0.312. The number of esters is 1. The van der Waals surface area contributed by atoms with E-state index in [1.807, 2.05) is 24.3 Å². The molecule has 2 rings (SSSR count). The van der Waals surface area contributed by atoms with E-state index < -0.39 is 5.97 Å². The van der Waals surface area contributed by atoms with Crippen LogP contribution in [0.4, 0.5) is 5.69 Å². The van der Waals surface area contributed by atoms with Crippen molar-refractivity contribution in [2.75, 3.05) is 11.9 Å². The molecular formula is C15H16N2O3. The van der Waals surface area contributed by atoms with Crippen LogP contribution in [0.3, 0.4) is 0 Å². The van der Waals surface area contributed by atoms with E-state index in [4.69, 9.17) is 4.74 Å². The molecule has 1 aromatic heterocycles. The summed E-state index contributed by atoms with van der Waals surface area (Å²) in [5.74, 6) is -0.916. The Morgan fingerprint density at radius 3 is 2.55 bits per heavy atom. The third-order valence-corrected chi connectivity index (χ3v) is 2.80. The molecule has 5 heteroatoms. The molecule has 0 bridgehead atoms. The molecule has 0 saturated heterocycles. The van der Waals surface area contributed by atoms with Crippen LogP contribution in [0.15, 0.2) is 42.6 Å². The van der Waals surface area contributed by atoms with E-state index in [2.05, 4.69) is 17.2 Å². The number of hydrogen-bond acceptors (Lipinski definition) is 3. The number of nitrogens with one attached hydrogen (secondary N) is 2. The van der Waals surface area contributed by atoms with Gasteiger partial charge in [0.25, 0.3) is 5.91 Å². The van der Waals surface area contributed by atoms with Crippen molar-refractivity contribution in [1.29, 1.82) is 0 Å². The molecule has 0 saturated carbocycles. The Hall–Kier alpha value is -2.56. The first kappa shape index (κ1) is 13.9. The summed E-state index contributed by atoms with van der Waals surface area (Å²) in [6.07, 6.45) is 2.56. The highest BCUT2D eigenvalue weighted by Crippen LogP contribution is 2.09. The summed E-state index contributed by atoms with van der Waals surface area (Å²) in [5.41, 5.74) is 2.20. The fourth-order valence-corrected chi connectivity index (χ4v) is 1.69. The number of aromatic amines is 1. The van der Waals surface area contributed by atoms with Crippen molar-refractivity contribution in [3.05, 3.63) is 53.9 Å². The third kappa shape index (κ3) is 3.71. The van der Waals surface area contributed by atoms with Gasteiger partial charge in [0.15, 0.2) is 6.61 Å². The average molecular weight is 272 g/mol. The molecule has 0 unspecified atom stereocenters. The molecule has 0 spiro atoms. The fraction of sp³-hybridized carbons (Fsp3) is 0.200. The van der Waals surface area contributed by atoms with E-state index >= 15 is 0 Å². The number of aryl methyl sites for hydroxylation is 1. The van der Waals surface area contributed by atoms with Crippen LogP contribution in [-0.4, -0.2) is 23.5 Å². The molecule has 2 aromatic rings. The smallest absolute Gasteiger partial charge is 0.355 e. The van der Waals surface area contributed by atoms with Crippen LogP contribution >= 0.6 is 0 Å². The fourth-order valence-electron chi connectivity index (χ4n) is 1.69. The first-order valence-electron chi connectivity index (χ1n) is 6.38. The lowest BCUT2D eigenvalue weighted by molar-refractivity contribution is -0.119. The van der Waals surface area contributed by atoms with Gasteiger partial charge in [-0.25, -0.2) is 4.79 Å². The number of H-pyrrole nitrogens is 1. The Labute approximate surface area is 117 Å². The highest BCUT2D eigenvalue weighted by Gasteiger charge is 2.10. The first-order valence-corrected chi connectivity index (χ1v) is 6.38. The highest BCUT2D eigenvalue weighted by atomic mass is 16.5. The zero-order valence-corrected chi connectivity index (χ0v) is 11.2. The molecule has 0 fully saturated rings. The molecule has 0 aliphatic heterocycles. The molecule has 1 amide bonds. The third-order valence-electron chi connectivity index (χ3n) is 2.80. The lowest BCUT2D eigenvalue weighted by Crippen LogP contribution is -2.21. The van der Waals surface area contributed by atoms with E-state index in [1.165, 1.54) is 5.56 Å². The molecule has 20 heavy (non-hydrogen) atoms.